The van der Waals surface area contributed by atoms with Crippen molar-refractivity contribution in [1.82, 2.24) is 9.97 Å². The predicted octanol–water partition coefficient (Wildman–Crippen LogP) is 5.35. The predicted molar refractivity (Wildman–Crippen MR) is 127 cm³/mol. The lowest BCUT2D eigenvalue weighted by molar-refractivity contribution is -0.117. The summed E-state index contributed by atoms with van der Waals surface area (Å²) >= 11 is 6.14. The Kier molecular flexibility index (Phi) is 4.68. The van der Waals surface area contributed by atoms with Crippen LogP contribution >= 0.6 is 11.6 Å². The minimum Gasteiger partial charge on any atom is -0.503 e. The molecule has 3 aromatic heterocycles. The summed E-state index contributed by atoms with van der Waals surface area (Å²) in [7, 11) is 1.46. The number of halogens is 1. The Labute approximate surface area is 202 Å². The van der Waals surface area contributed by atoms with E-state index in [-0.39, 0.29) is 23.0 Å². The number of ketones is 1. The Hall–Kier alpha value is -4.50. The molecule has 0 saturated heterocycles. The molecule has 6 rings (SSSR count). The van der Waals surface area contributed by atoms with Gasteiger partial charge in [-0.2, -0.15) is 0 Å². The number of imidazole rings is 1. The maximum Gasteiger partial charge on any atom is 0.296 e. The number of aromatic amines is 1. The van der Waals surface area contributed by atoms with E-state index in [4.69, 9.17) is 25.2 Å². The maximum absolute atomic E-state index is 13.7. The monoisotopic (exact) mass is 489 g/mol. The molecule has 10 heteroatoms. The van der Waals surface area contributed by atoms with E-state index in [0.29, 0.717) is 32.8 Å². The van der Waals surface area contributed by atoms with Crippen LogP contribution in [0.15, 0.2) is 81.0 Å². The van der Waals surface area contributed by atoms with Gasteiger partial charge in [0.1, 0.15) is 11.8 Å². The molecule has 0 bridgehead atoms. The molecular formula is C25H16ClN3O6. The first-order chi connectivity index (χ1) is 17.0. The van der Waals surface area contributed by atoms with Crippen LogP contribution in [0, 0.1) is 0 Å². The van der Waals surface area contributed by atoms with Crippen molar-refractivity contribution in [2.45, 2.75) is 6.04 Å². The molecule has 1 atom stereocenters. The van der Waals surface area contributed by atoms with Crippen molar-refractivity contribution in [1.29, 1.82) is 0 Å². The van der Waals surface area contributed by atoms with Crippen molar-refractivity contribution in [3.63, 3.8) is 0 Å². The molecule has 2 N–H and O–H groups in total. The lowest BCUT2D eigenvalue weighted by Gasteiger charge is -2.21. The van der Waals surface area contributed by atoms with Crippen LogP contribution in [-0.2, 0) is 4.79 Å². The summed E-state index contributed by atoms with van der Waals surface area (Å²) in [4.78, 5) is 35.7. The summed E-state index contributed by atoms with van der Waals surface area (Å²) in [6, 6.07) is 14.1. The number of carbonyl (C=O) groups is 2. The van der Waals surface area contributed by atoms with Crippen LogP contribution in [0.3, 0.4) is 0 Å². The molecule has 9 nitrogen and oxygen atoms in total. The summed E-state index contributed by atoms with van der Waals surface area (Å²) in [6.45, 7) is 0. The first kappa shape index (κ1) is 21.1. The molecular weight excluding hydrogens is 474 g/mol. The van der Waals surface area contributed by atoms with Crippen molar-refractivity contribution < 1.29 is 28.3 Å². The number of anilines is 1. The van der Waals surface area contributed by atoms with Crippen LogP contribution in [0.5, 0.6) is 5.75 Å². The number of methoxy groups -OCH3 is 1. The van der Waals surface area contributed by atoms with Crippen LogP contribution in [-0.4, -0.2) is 33.9 Å². The van der Waals surface area contributed by atoms with Gasteiger partial charge in [0.25, 0.3) is 5.91 Å². The molecule has 5 aromatic rings. The number of rotatable bonds is 5. The highest BCUT2D eigenvalue weighted by atomic mass is 35.5. The Balaban J connectivity index is 1.49. The highest BCUT2D eigenvalue weighted by Crippen LogP contribution is 2.42. The van der Waals surface area contributed by atoms with Crippen LogP contribution in [0.25, 0.3) is 22.0 Å². The molecule has 1 aliphatic heterocycles. The number of fused-ring (bicyclic) bond motifs is 2. The normalized spacial score (nSPS) is 16.1. The topological polar surface area (TPSA) is 122 Å². The lowest BCUT2D eigenvalue weighted by Crippen LogP contribution is -2.31. The smallest absolute Gasteiger partial charge is 0.296 e. The third-order valence-electron chi connectivity index (χ3n) is 5.86. The van der Waals surface area contributed by atoms with E-state index in [1.54, 1.807) is 36.4 Å². The van der Waals surface area contributed by atoms with Gasteiger partial charge in [0.15, 0.2) is 22.9 Å². The van der Waals surface area contributed by atoms with Gasteiger partial charge in [-0.05, 0) is 36.4 Å². The molecule has 35 heavy (non-hydrogen) atoms. The zero-order valence-electron chi connectivity index (χ0n) is 18.1. The van der Waals surface area contributed by atoms with E-state index in [1.807, 2.05) is 12.1 Å². The summed E-state index contributed by atoms with van der Waals surface area (Å²) in [5, 5.41) is 11.8. The van der Waals surface area contributed by atoms with Gasteiger partial charge in [-0.3, -0.25) is 14.5 Å². The van der Waals surface area contributed by atoms with Gasteiger partial charge < -0.3 is 23.7 Å². The van der Waals surface area contributed by atoms with Gasteiger partial charge >= 0.3 is 0 Å². The van der Waals surface area contributed by atoms with Gasteiger partial charge in [-0.25, -0.2) is 4.98 Å². The Morgan fingerprint density at radius 3 is 2.77 bits per heavy atom. The number of para-hydroxylation sites is 2. The highest BCUT2D eigenvalue weighted by molar-refractivity contribution is 6.31. The molecule has 174 valence electrons. The average molecular weight is 490 g/mol. The minimum atomic E-state index is -1.08. The number of Topliss-reactive ketones (excluding diaryl/α,β-unsaturated/α-hetero) is 1. The standard InChI is InChI=1S/C25H16ClN3O6/c1-33-18-11-13(26)9-12-10-17(35-23(12)18)21(30)19-20(16-7-4-8-34-16)29(24(32)22(19)31)25-27-14-5-2-3-6-15(14)28-25/h2-11,20,31H,1H3,(H,27,28). The lowest BCUT2D eigenvalue weighted by atomic mass is 9.99. The van der Waals surface area contributed by atoms with Crippen LogP contribution in [0.2, 0.25) is 5.02 Å². The first-order valence-electron chi connectivity index (χ1n) is 10.5. The number of amides is 1. The van der Waals surface area contributed by atoms with E-state index in [0.717, 1.165) is 0 Å². The third-order valence-corrected chi connectivity index (χ3v) is 6.08. The van der Waals surface area contributed by atoms with E-state index >= 15 is 0 Å². The van der Waals surface area contributed by atoms with Gasteiger partial charge in [0.2, 0.25) is 11.7 Å². The fraction of sp³-hybridized carbons (Fsp3) is 0.0800. The second-order valence-corrected chi connectivity index (χ2v) is 8.34. The van der Waals surface area contributed by atoms with Crippen molar-refractivity contribution in [3.8, 4) is 5.75 Å². The number of furan rings is 2. The molecule has 0 radical (unpaired) electrons. The first-order valence-corrected chi connectivity index (χ1v) is 10.9. The van der Waals surface area contributed by atoms with E-state index in [1.165, 1.54) is 24.3 Å². The zero-order valence-corrected chi connectivity index (χ0v) is 18.9. The molecule has 2 aromatic carbocycles. The van der Waals surface area contributed by atoms with E-state index in [9.17, 15) is 14.7 Å². The number of carbonyl (C=O) groups excluding carboxylic acids is 2. The van der Waals surface area contributed by atoms with Gasteiger partial charge in [0.05, 0.1) is 30.0 Å². The molecule has 0 saturated carbocycles. The molecule has 1 aliphatic rings. The molecule has 0 aliphatic carbocycles. The van der Waals surface area contributed by atoms with Crippen molar-refractivity contribution in [2.75, 3.05) is 12.0 Å². The number of benzene rings is 2. The van der Waals surface area contributed by atoms with E-state index < -0.39 is 23.5 Å². The van der Waals surface area contributed by atoms with Gasteiger partial charge in [0, 0.05) is 16.5 Å². The number of nitrogens with zero attached hydrogens (tertiary/aromatic N) is 2. The summed E-state index contributed by atoms with van der Waals surface area (Å²) < 4.78 is 16.7. The second kappa shape index (κ2) is 7.78. The number of aliphatic hydroxyl groups is 1. The van der Waals surface area contributed by atoms with E-state index in [2.05, 4.69) is 9.97 Å². The summed E-state index contributed by atoms with van der Waals surface area (Å²) in [5.41, 5.74) is 1.42. The summed E-state index contributed by atoms with van der Waals surface area (Å²) in [5.74, 6) is -1.54. The number of nitrogens with one attached hydrogen (secondary N) is 1. The third kappa shape index (κ3) is 3.20. The number of aromatic nitrogens is 2. The Morgan fingerprint density at radius 1 is 1.20 bits per heavy atom. The second-order valence-electron chi connectivity index (χ2n) is 7.90. The Morgan fingerprint density at radius 2 is 2.03 bits per heavy atom. The quantitative estimate of drug-likeness (QED) is 0.319. The zero-order chi connectivity index (χ0) is 24.3. The molecule has 0 fully saturated rings. The minimum absolute atomic E-state index is 0.0991. The average Bonchev–Trinajstić information content (AvgIpc) is 3.63. The van der Waals surface area contributed by atoms with Gasteiger partial charge in [-0.1, -0.05) is 23.7 Å². The summed E-state index contributed by atoms with van der Waals surface area (Å²) in [6.07, 6.45) is 1.42. The number of ether oxygens (including phenoxy) is 1. The fourth-order valence-corrected chi connectivity index (χ4v) is 4.52. The Bertz CT molecular complexity index is 1630. The number of H-pyrrole nitrogens is 1. The largest absolute Gasteiger partial charge is 0.503 e. The molecule has 0 spiro atoms. The van der Waals surface area contributed by atoms with Crippen molar-refractivity contribution in [2.24, 2.45) is 0 Å². The van der Waals surface area contributed by atoms with Crippen LogP contribution < -0.4 is 9.64 Å². The molecule has 1 amide bonds. The van der Waals surface area contributed by atoms with Crippen LogP contribution in [0.1, 0.15) is 22.4 Å². The van der Waals surface area contributed by atoms with Gasteiger partial charge in [-0.15, -0.1) is 0 Å². The molecule has 4 heterocycles. The number of hydrogen-bond donors (Lipinski definition) is 2. The van der Waals surface area contributed by atoms with Crippen LogP contribution in [0.4, 0.5) is 5.95 Å². The van der Waals surface area contributed by atoms with Crippen molar-refractivity contribution >= 4 is 51.2 Å². The molecule has 1 unspecified atom stereocenters. The maximum atomic E-state index is 13.7. The number of aliphatic hydroxyl groups excluding tert-OH is 1. The SMILES string of the molecule is COc1cc(Cl)cc2cc(C(=O)C3=C(O)C(=O)N(c4nc5ccccc5[nH]4)C3c3ccco3)oc12. The fourth-order valence-electron chi connectivity index (χ4n) is 4.31. The highest BCUT2D eigenvalue weighted by Gasteiger charge is 2.48. The van der Waals surface area contributed by atoms with Crippen molar-refractivity contribution in [3.05, 3.63) is 88.7 Å². The number of hydrogen-bond acceptors (Lipinski definition) is 7.